The number of hydrogen-bond donors (Lipinski definition) is 2. The number of halogens is 3. The summed E-state index contributed by atoms with van der Waals surface area (Å²) in [4.78, 5) is 0. The van der Waals surface area contributed by atoms with E-state index in [2.05, 4.69) is 21.2 Å². The molecule has 1 unspecified atom stereocenters. The van der Waals surface area contributed by atoms with Gasteiger partial charge in [-0.05, 0) is 52.2 Å². The summed E-state index contributed by atoms with van der Waals surface area (Å²) >= 11 is 15.9. The lowest BCUT2D eigenvalue weighted by Gasteiger charge is -2.17. The molecule has 0 fully saturated rings. The van der Waals surface area contributed by atoms with Gasteiger partial charge in [0, 0.05) is 28.2 Å². The first kappa shape index (κ1) is 21.3. The van der Waals surface area contributed by atoms with Crippen molar-refractivity contribution in [2.24, 2.45) is 0 Å². The maximum atomic E-state index is 9.29. The second kappa shape index (κ2) is 10.4. The van der Waals surface area contributed by atoms with Crippen LogP contribution in [0.4, 0.5) is 0 Å². The maximum absolute atomic E-state index is 9.29. The average Bonchev–Trinajstić information content (AvgIpc) is 2.63. The molecule has 142 valence electrons. The molecule has 7 heteroatoms. The Balaban J connectivity index is 2.16. The Morgan fingerprint density at radius 3 is 2.50 bits per heavy atom. The van der Waals surface area contributed by atoms with Crippen LogP contribution >= 0.6 is 39.1 Å². The summed E-state index contributed by atoms with van der Waals surface area (Å²) in [6.45, 7) is 2.98. The molecule has 2 aromatic carbocycles. The van der Waals surface area contributed by atoms with Gasteiger partial charge in [0.15, 0.2) is 11.5 Å². The van der Waals surface area contributed by atoms with Gasteiger partial charge in [-0.25, -0.2) is 0 Å². The van der Waals surface area contributed by atoms with Crippen molar-refractivity contribution in [1.29, 1.82) is 0 Å². The normalized spacial score (nSPS) is 12.1. The third-order valence-electron chi connectivity index (χ3n) is 4.02. The summed E-state index contributed by atoms with van der Waals surface area (Å²) < 4.78 is 12.2. The summed E-state index contributed by atoms with van der Waals surface area (Å²) in [6, 6.07) is 9.28. The fourth-order valence-corrected chi connectivity index (χ4v) is 3.54. The van der Waals surface area contributed by atoms with E-state index in [0.29, 0.717) is 28.1 Å². The summed E-state index contributed by atoms with van der Waals surface area (Å²) in [7, 11) is 1.59. The highest BCUT2D eigenvalue weighted by Gasteiger charge is 2.14. The van der Waals surface area contributed by atoms with E-state index in [1.54, 1.807) is 25.3 Å². The molecule has 0 bridgehead atoms. The number of benzene rings is 2. The molecule has 1 atom stereocenters. The number of aliphatic hydroxyl groups excluding tert-OH is 1. The Bertz CT molecular complexity index is 719. The average molecular weight is 463 g/mol. The molecule has 0 radical (unpaired) electrons. The van der Waals surface area contributed by atoms with Crippen LogP contribution in [-0.2, 0) is 13.2 Å². The summed E-state index contributed by atoms with van der Waals surface area (Å²) in [5, 5.41) is 13.7. The van der Waals surface area contributed by atoms with Crippen LogP contribution in [0.3, 0.4) is 0 Å². The van der Waals surface area contributed by atoms with E-state index in [4.69, 9.17) is 32.7 Å². The van der Waals surface area contributed by atoms with Crippen molar-refractivity contribution >= 4 is 39.1 Å². The van der Waals surface area contributed by atoms with Crippen molar-refractivity contribution in [2.75, 3.05) is 13.7 Å². The van der Waals surface area contributed by atoms with E-state index < -0.39 is 0 Å². The fraction of sp³-hybridized carbons (Fsp3) is 0.368. The second-order valence-corrected chi connectivity index (χ2v) is 7.44. The number of nitrogens with one attached hydrogen (secondary N) is 1. The molecular weight excluding hydrogens is 441 g/mol. The van der Waals surface area contributed by atoms with Crippen LogP contribution in [0.15, 0.2) is 34.8 Å². The quantitative estimate of drug-likeness (QED) is 0.537. The van der Waals surface area contributed by atoms with Gasteiger partial charge in [0.1, 0.15) is 6.61 Å². The van der Waals surface area contributed by atoms with E-state index in [9.17, 15) is 5.11 Å². The number of rotatable bonds is 9. The van der Waals surface area contributed by atoms with E-state index in [1.807, 2.05) is 19.1 Å². The summed E-state index contributed by atoms with van der Waals surface area (Å²) in [5.41, 5.74) is 1.74. The van der Waals surface area contributed by atoms with Crippen molar-refractivity contribution in [3.63, 3.8) is 0 Å². The van der Waals surface area contributed by atoms with Crippen LogP contribution < -0.4 is 14.8 Å². The van der Waals surface area contributed by atoms with Crippen LogP contribution in [0.25, 0.3) is 0 Å². The second-order valence-electron chi connectivity index (χ2n) is 5.77. The molecule has 0 aliphatic carbocycles. The maximum Gasteiger partial charge on any atom is 0.175 e. The van der Waals surface area contributed by atoms with Gasteiger partial charge >= 0.3 is 0 Å². The lowest BCUT2D eigenvalue weighted by atomic mass is 10.1. The Morgan fingerprint density at radius 1 is 1.23 bits per heavy atom. The predicted molar refractivity (Wildman–Crippen MR) is 109 cm³/mol. The minimum absolute atomic E-state index is 0.0676. The number of ether oxygens (including phenoxy) is 2. The van der Waals surface area contributed by atoms with Gasteiger partial charge in [-0.1, -0.05) is 36.2 Å². The zero-order valence-corrected chi connectivity index (χ0v) is 17.8. The Labute approximate surface area is 172 Å². The van der Waals surface area contributed by atoms with Gasteiger partial charge in [-0.2, -0.15) is 0 Å². The monoisotopic (exact) mass is 461 g/mol. The molecule has 2 rings (SSSR count). The van der Waals surface area contributed by atoms with Gasteiger partial charge in [0.05, 0.1) is 18.2 Å². The Kier molecular flexibility index (Phi) is 8.51. The minimum atomic E-state index is 0.0676. The Hall–Kier alpha value is -0.980. The molecule has 0 aliphatic heterocycles. The van der Waals surface area contributed by atoms with Crippen molar-refractivity contribution in [1.82, 2.24) is 5.32 Å². The highest BCUT2D eigenvalue weighted by molar-refractivity contribution is 9.10. The van der Waals surface area contributed by atoms with Gasteiger partial charge in [-0.3, -0.25) is 0 Å². The van der Waals surface area contributed by atoms with E-state index >= 15 is 0 Å². The van der Waals surface area contributed by atoms with Gasteiger partial charge in [0.25, 0.3) is 0 Å². The molecule has 0 amide bonds. The van der Waals surface area contributed by atoms with Crippen LogP contribution in [0.1, 0.15) is 24.5 Å². The van der Waals surface area contributed by atoms with Crippen molar-refractivity contribution in [2.45, 2.75) is 32.5 Å². The number of hydrogen-bond acceptors (Lipinski definition) is 4. The lowest BCUT2D eigenvalue weighted by Crippen LogP contribution is -2.31. The van der Waals surface area contributed by atoms with E-state index in [-0.39, 0.29) is 19.3 Å². The predicted octanol–water partition coefficient (Wildman–Crippen LogP) is 5.20. The summed E-state index contributed by atoms with van der Waals surface area (Å²) in [5.74, 6) is 1.19. The SMILES string of the molecule is CCC(CO)NCc1cc(Br)c(OCc2c(Cl)cccc2Cl)c(OC)c1. The lowest BCUT2D eigenvalue weighted by molar-refractivity contribution is 0.238. The Morgan fingerprint density at radius 2 is 1.92 bits per heavy atom. The van der Waals surface area contributed by atoms with E-state index in [1.165, 1.54) is 0 Å². The molecule has 0 spiro atoms. The molecule has 0 heterocycles. The molecule has 26 heavy (non-hydrogen) atoms. The molecule has 2 N–H and O–H groups in total. The van der Waals surface area contributed by atoms with Gasteiger partial charge in [0.2, 0.25) is 0 Å². The van der Waals surface area contributed by atoms with Crippen molar-refractivity contribution in [3.8, 4) is 11.5 Å². The topological polar surface area (TPSA) is 50.7 Å². The molecule has 0 aliphatic rings. The van der Waals surface area contributed by atoms with Gasteiger partial charge in [-0.15, -0.1) is 0 Å². The third-order valence-corrected chi connectivity index (χ3v) is 5.32. The molecule has 4 nitrogen and oxygen atoms in total. The first-order chi connectivity index (χ1) is 12.5. The van der Waals surface area contributed by atoms with Crippen LogP contribution in [0.2, 0.25) is 10.0 Å². The minimum Gasteiger partial charge on any atom is -0.493 e. The highest BCUT2D eigenvalue weighted by atomic mass is 79.9. The molecule has 0 saturated heterocycles. The third kappa shape index (κ3) is 5.51. The van der Waals surface area contributed by atoms with Crippen molar-refractivity contribution in [3.05, 3.63) is 56.0 Å². The fourth-order valence-electron chi connectivity index (χ4n) is 2.43. The van der Waals surface area contributed by atoms with E-state index in [0.717, 1.165) is 22.0 Å². The zero-order chi connectivity index (χ0) is 19.1. The molecule has 2 aromatic rings. The molecule has 0 aromatic heterocycles. The van der Waals surface area contributed by atoms with Crippen molar-refractivity contribution < 1.29 is 14.6 Å². The first-order valence-corrected chi connectivity index (χ1v) is 9.81. The standard InChI is InChI=1S/C19H22BrCl2NO3/c1-3-13(10-24)23-9-12-7-15(20)19(18(8-12)25-2)26-11-14-16(21)5-4-6-17(14)22/h4-8,13,23-24H,3,9-11H2,1-2H3. The van der Waals surface area contributed by atoms with Crippen LogP contribution in [0.5, 0.6) is 11.5 Å². The number of aliphatic hydroxyl groups is 1. The number of methoxy groups -OCH3 is 1. The molecular formula is C19H22BrCl2NO3. The largest absolute Gasteiger partial charge is 0.493 e. The molecule has 0 saturated carbocycles. The summed E-state index contributed by atoms with van der Waals surface area (Å²) in [6.07, 6.45) is 0.856. The van der Waals surface area contributed by atoms with Gasteiger partial charge < -0.3 is 19.9 Å². The smallest absolute Gasteiger partial charge is 0.175 e. The van der Waals surface area contributed by atoms with Crippen LogP contribution in [-0.4, -0.2) is 24.9 Å². The highest BCUT2D eigenvalue weighted by Crippen LogP contribution is 2.38. The van der Waals surface area contributed by atoms with Crippen LogP contribution in [0, 0.1) is 0 Å². The first-order valence-electron chi connectivity index (χ1n) is 8.26. The zero-order valence-electron chi connectivity index (χ0n) is 14.7.